The third-order valence-electron chi connectivity index (χ3n) is 6.67. The van der Waals surface area contributed by atoms with Crippen molar-refractivity contribution in [3.63, 3.8) is 0 Å². The van der Waals surface area contributed by atoms with Crippen molar-refractivity contribution in [1.29, 1.82) is 0 Å². The van der Waals surface area contributed by atoms with Crippen LogP contribution in [0, 0.1) is 12.8 Å². The molecule has 0 saturated heterocycles. The van der Waals surface area contributed by atoms with Crippen molar-refractivity contribution in [3.8, 4) is 11.3 Å². The minimum atomic E-state index is 0.0649. The summed E-state index contributed by atoms with van der Waals surface area (Å²) in [6.45, 7) is 13.8. The Hall–Kier alpha value is -2.34. The molecule has 4 heterocycles. The van der Waals surface area contributed by atoms with E-state index < -0.39 is 0 Å². The summed E-state index contributed by atoms with van der Waals surface area (Å²) in [5.41, 5.74) is 5.12. The average Bonchev–Trinajstić information content (AvgIpc) is 3.47. The number of benzene rings is 2. The van der Waals surface area contributed by atoms with Gasteiger partial charge in [0.1, 0.15) is 11.2 Å². The molecule has 5 heteroatoms. The van der Waals surface area contributed by atoms with Crippen LogP contribution >= 0.6 is 34.0 Å². The fraction of sp³-hybridized carbons (Fsp3) is 0.310. The van der Waals surface area contributed by atoms with Crippen LogP contribution in [-0.2, 0) is 11.8 Å². The molecule has 6 aromatic rings. The summed E-state index contributed by atoms with van der Waals surface area (Å²) in [4.78, 5) is 12.2. The van der Waals surface area contributed by atoms with E-state index >= 15 is 0 Å². The standard InChI is InChI=1S/C29H28N2S3/c1-15(2)11-22-16(3)19-7-8-20-23-24(30-14-31-28(23)34-27(20)26(19)33-22)18-12-17-9-10-32-25(17)21(13-18)29(4,5)6/h7-10,12-15H,11H2,1-6H3. The Balaban J connectivity index is 1.65. The summed E-state index contributed by atoms with van der Waals surface area (Å²) in [6, 6.07) is 11.5. The minimum absolute atomic E-state index is 0.0649. The van der Waals surface area contributed by atoms with Crippen LogP contribution in [0.15, 0.2) is 42.0 Å². The number of rotatable bonds is 3. The third kappa shape index (κ3) is 3.40. The molecule has 0 saturated carbocycles. The van der Waals surface area contributed by atoms with Gasteiger partial charge in [-0.1, -0.05) is 46.8 Å². The molecule has 0 unspecified atom stereocenters. The summed E-state index contributed by atoms with van der Waals surface area (Å²) in [6.07, 6.45) is 2.88. The zero-order chi connectivity index (χ0) is 23.8. The Morgan fingerprint density at radius 3 is 2.44 bits per heavy atom. The molecule has 0 aliphatic rings. The number of fused-ring (bicyclic) bond motifs is 6. The van der Waals surface area contributed by atoms with Gasteiger partial charge in [-0.15, -0.1) is 34.0 Å². The molecule has 0 aliphatic carbocycles. The lowest BCUT2D eigenvalue weighted by Gasteiger charge is -2.21. The van der Waals surface area contributed by atoms with Crippen molar-refractivity contribution in [2.24, 2.45) is 5.92 Å². The Morgan fingerprint density at radius 1 is 0.912 bits per heavy atom. The van der Waals surface area contributed by atoms with Crippen LogP contribution in [0.4, 0.5) is 0 Å². The third-order valence-corrected chi connectivity index (χ3v) is 10.2. The largest absolute Gasteiger partial charge is 0.236 e. The topological polar surface area (TPSA) is 25.8 Å². The van der Waals surface area contributed by atoms with Crippen LogP contribution < -0.4 is 0 Å². The predicted octanol–water partition coefficient (Wildman–Crippen LogP) is 9.75. The van der Waals surface area contributed by atoms with Gasteiger partial charge in [0.2, 0.25) is 0 Å². The van der Waals surface area contributed by atoms with Gasteiger partial charge >= 0.3 is 0 Å². The quantitative estimate of drug-likeness (QED) is 0.242. The lowest BCUT2D eigenvalue weighted by Crippen LogP contribution is -2.11. The summed E-state index contributed by atoms with van der Waals surface area (Å²) < 4.78 is 4.14. The van der Waals surface area contributed by atoms with Gasteiger partial charge in [-0.05, 0) is 70.2 Å². The van der Waals surface area contributed by atoms with Gasteiger partial charge in [-0.3, -0.25) is 0 Å². The zero-order valence-electron chi connectivity index (χ0n) is 20.4. The van der Waals surface area contributed by atoms with Gasteiger partial charge in [0, 0.05) is 25.9 Å². The van der Waals surface area contributed by atoms with Crippen LogP contribution in [0.2, 0.25) is 0 Å². The first kappa shape index (κ1) is 22.1. The van der Waals surface area contributed by atoms with Crippen LogP contribution in [0.1, 0.15) is 50.6 Å². The Morgan fingerprint density at radius 2 is 1.68 bits per heavy atom. The van der Waals surface area contributed by atoms with Gasteiger partial charge < -0.3 is 0 Å². The molecule has 172 valence electrons. The Labute approximate surface area is 212 Å². The van der Waals surface area contributed by atoms with Crippen LogP contribution in [0.5, 0.6) is 0 Å². The molecular formula is C29H28N2S3. The van der Waals surface area contributed by atoms with Crippen molar-refractivity contribution in [2.75, 3.05) is 0 Å². The minimum Gasteiger partial charge on any atom is -0.236 e. The van der Waals surface area contributed by atoms with Gasteiger partial charge in [0.25, 0.3) is 0 Å². The first-order valence-corrected chi connectivity index (χ1v) is 14.3. The highest BCUT2D eigenvalue weighted by Crippen LogP contribution is 2.46. The molecular weight excluding hydrogens is 473 g/mol. The lowest BCUT2D eigenvalue weighted by atomic mass is 9.85. The molecule has 0 radical (unpaired) electrons. The molecule has 0 fully saturated rings. The highest BCUT2D eigenvalue weighted by molar-refractivity contribution is 7.31. The van der Waals surface area contributed by atoms with E-state index in [0.717, 1.165) is 16.9 Å². The van der Waals surface area contributed by atoms with E-state index in [2.05, 4.69) is 77.3 Å². The molecule has 0 N–H and O–H groups in total. The van der Waals surface area contributed by atoms with Gasteiger partial charge in [-0.2, -0.15) is 0 Å². The van der Waals surface area contributed by atoms with E-state index in [4.69, 9.17) is 9.97 Å². The molecule has 0 atom stereocenters. The number of hydrogen-bond acceptors (Lipinski definition) is 5. The lowest BCUT2D eigenvalue weighted by molar-refractivity contribution is 0.597. The van der Waals surface area contributed by atoms with Gasteiger partial charge in [0.15, 0.2) is 0 Å². The SMILES string of the molecule is Cc1c(CC(C)C)sc2c1ccc1c2sc2ncnc(-c3cc(C(C)(C)C)c4sccc4c3)c21. The summed E-state index contributed by atoms with van der Waals surface area (Å²) >= 11 is 5.62. The van der Waals surface area contributed by atoms with Crippen molar-refractivity contribution in [3.05, 3.63) is 58.0 Å². The fourth-order valence-corrected chi connectivity index (χ4v) is 8.85. The summed E-state index contributed by atoms with van der Waals surface area (Å²) in [5, 5.41) is 7.36. The Bertz CT molecular complexity index is 1710. The summed E-state index contributed by atoms with van der Waals surface area (Å²) in [7, 11) is 0. The molecule has 0 aliphatic heterocycles. The number of aromatic nitrogens is 2. The molecule has 34 heavy (non-hydrogen) atoms. The van der Waals surface area contributed by atoms with E-state index in [9.17, 15) is 0 Å². The molecule has 6 rings (SSSR count). The molecule has 4 aromatic heterocycles. The maximum Gasteiger partial charge on any atom is 0.128 e. The molecule has 0 amide bonds. The van der Waals surface area contributed by atoms with Crippen LogP contribution in [-0.4, -0.2) is 9.97 Å². The van der Waals surface area contributed by atoms with Crippen molar-refractivity contribution in [1.82, 2.24) is 9.97 Å². The highest BCUT2D eigenvalue weighted by Gasteiger charge is 2.22. The van der Waals surface area contributed by atoms with Gasteiger partial charge in [-0.25, -0.2) is 9.97 Å². The number of thiophene rings is 3. The predicted molar refractivity (Wildman–Crippen MR) is 153 cm³/mol. The second-order valence-corrected chi connectivity index (χ2v) is 13.7. The van der Waals surface area contributed by atoms with E-state index in [-0.39, 0.29) is 5.41 Å². The Kier molecular flexibility index (Phi) is 5.11. The van der Waals surface area contributed by atoms with E-state index in [1.54, 1.807) is 6.33 Å². The normalized spacial score (nSPS) is 12.8. The van der Waals surface area contributed by atoms with Crippen LogP contribution in [0.25, 0.3) is 51.7 Å². The van der Waals surface area contributed by atoms with Crippen molar-refractivity contribution >= 4 is 74.5 Å². The monoisotopic (exact) mass is 500 g/mol. The van der Waals surface area contributed by atoms with Gasteiger partial charge in [0.05, 0.1) is 15.1 Å². The molecule has 0 spiro atoms. The van der Waals surface area contributed by atoms with Crippen molar-refractivity contribution < 1.29 is 0 Å². The fourth-order valence-electron chi connectivity index (χ4n) is 4.95. The van der Waals surface area contributed by atoms with E-state index in [1.807, 2.05) is 34.0 Å². The first-order valence-electron chi connectivity index (χ1n) is 11.8. The smallest absolute Gasteiger partial charge is 0.128 e. The molecule has 2 nitrogen and oxygen atoms in total. The molecule has 2 aromatic carbocycles. The summed E-state index contributed by atoms with van der Waals surface area (Å²) in [5.74, 6) is 0.658. The van der Waals surface area contributed by atoms with E-state index in [1.165, 1.54) is 57.2 Å². The van der Waals surface area contributed by atoms with Crippen LogP contribution in [0.3, 0.4) is 0 Å². The number of nitrogens with zero attached hydrogens (tertiary/aromatic N) is 2. The number of hydrogen-bond donors (Lipinski definition) is 0. The maximum atomic E-state index is 4.86. The number of aryl methyl sites for hydroxylation is 1. The maximum absolute atomic E-state index is 4.86. The second kappa shape index (κ2) is 7.84. The van der Waals surface area contributed by atoms with Crippen molar-refractivity contribution in [2.45, 2.75) is 53.4 Å². The van der Waals surface area contributed by atoms with E-state index in [0.29, 0.717) is 5.92 Å². The highest BCUT2D eigenvalue weighted by atomic mass is 32.1. The average molecular weight is 501 g/mol. The second-order valence-electron chi connectivity index (χ2n) is 10.7. The molecule has 0 bridgehead atoms. The first-order chi connectivity index (χ1) is 16.2. The zero-order valence-corrected chi connectivity index (χ0v) is 22.9.